The van der Waals surface area contributed by atoms with Crippen LogP contribution in [0.5, 0.6) is 0 Å². The molecule has 5 aromatic rings. The van der Waals surface area contributed by atoms with Crippen LogP contribution in [0.4, 0.5) is 5.69 Å². The van der Waals surface area contributed by atoms with Gasteiger partial charge in [-0.05, 0) is 71.1 Å². The highest BCUT2D eigenvalue weighted by atomic mass is 16.3. The molecule has 0 aliphatic rings. The molecular weight excluding hydrogens is 396 g/mol. The minimum atomic E-state index is -0.143. The number of amides is 1. The normalized spacial score (nSPS) is 11.4. The number of nitrogens with zero attached hydrogens (tertiary/aromatic N) is 1. The van der Waals surface area contributed by atoms with Crippen molar-refractivity contribution in [2.75, 3.05) is 5.32 Å². The van der Waals surface area contributed by atoms with Gasteiger partial charge in [0.25, 0.3) is 5.91 Å². The highest BCUT2D eigenvalue weighted by molar-refractivity contribution is 6.07. The van der Waals surface area contributed by atoms with Crippen molar-refractivity contribution in [3.63, 3.8) is 0 Å². The topological polar surface area (TPSA) is 55.1 Å². The molecule has 1 N–H and O–H groups in total. The van der Waals surface area contributed by atoms with E-state index in [9.17, 15) is 4.79 Å². The van der Waals surface area contributed by atoms with E-state index in [1.165, 1.54) is 5.56 Å². The Morgan fingerprint density at radius 1 is 0.906 bits per heavy atom. The summed E-state index contributed by atoms with van der Waals surface area (Å²) in [5.41, 5.74) is 5.99. The molecule has 4 nitrogen and oxygen atoms in total. The number of aromatic nitrogens is 1. The van der Waals surface area contributed by atoms with Crippen LogP contribution >= 0.6 is 0 Å². The van der Waals surface area contributed by atoms with E-state index in [4.69, 9.17) is 4.42 Å². The lowest BCUT2D eigenvalue weighted by Gasteiger charge is -2.10. The maximum Gasteiger partial charge on any atom is 0.255 e. The predicted molar refractivity (Wildman–Crippen MR) is 130 cm³/mol. The van der Waals surface area contributed by atoms with Crippen molar-refractivity contribution in [1.82, 2.24) is 4.98 Å². The minimum absolute atomic E-state index is 0.143. The van der Waals surface area contributed by atoms with Crippen LogP contribution in [0.15, 0.2) is 83.3 Å². The van der Waals surface area contributed by atoms with Crippen LogP contribution in [0.1, 0.15) is 41.3 Å². The molecule has 4 aromatic carbocycles. The van der Waals surface area contributed by atoms with E-state index in [1.54, 1.807) is 0 Å². The summed E-state index contributed by atoms with van der Waals surface area (Å²) in [4.78, 5) is 17.6. The Hall–Kier alpha value is -3.92. The fourth-order valence-corrected chi connectivity index (χ4v) is 3.84. The number of aryl methyl sites for hydroxylation is 1. The van der Waals surface area contributed by atoms with Crippen LogP contribution in [-0.2, 0) is 0 Å². The second-order valence-corrected chi connectivity index (χ2v) is 8.45. The summed E-state index contributed by atoms with van der Waals surface area (Å²) in [5, 5.41) is 5.20. The summed E-state index contributed by atoms with van der Waals surface area (Å²) >= 11 is 0. The lowest BCUT2D eigenvalue weighted by Crippen LogP contribution is -2.12. The lowest BCUT2D eigenvalue weighted by molar-refractivity contribution is 0.102. The highest BCUT2D eigenvalue weighted by Crippen LogP contribution is 2.30. The highest BCUT2D eigenvalue weighted by Gasteiger charge is 2.14. The first-order valence-corrected chi connectivity index (χ1v) is 10.8. The van der Waals surface area contributed by atoms with Gasteiger partial charge in [0.15, 0.2) is 5.58 Å². The van der Waals surface area contributed by atoms with E-state index < -0.39 is 0 Å². The van der Waals surface area contributed by atoms with Gasteiger partial charge < -0.3 is 9.73 Å². The molecule has 0 unspecified atom stereocenters. The zero-order chi connectivity index (χ0) is 22.2. The Morgan fingerprint density at radius 3 is 2.53 bits per heavy atom. The molecule has 4 heteroatoms. The Balaban J connectivity index is 1.45. The first kappa shape index (κ1) is 20.0. The standard InChI is InChI=1S/C28H24N2O2/c1-17(2)20-12-13-26-25(15-20)30-28(32-26)23-9-8-18(3)24(16-23)29-27(31)22-11-10-19-6-4-5-7-21(19)14-22/h4-17H,1-3H3,(H,29,31). The molecule has 0 atom stereocenters. The quantitative estimate of drug-likeness (QED) is 0.331. The van der Waals surface area contributed by atoms with Crippen molar-refractivity contribution in [2.45, 2.75) is 26.7 Å². The molecule has 158 valence electrons. The maximum absolute atomic E-state index is 12.9. The summed E-state index contributed by atoms with van der Waals surface area (Å²) in [6.07, 6.45) is 0. The third-order valence-electron chi connectivity index (χ3n) is 5.82. The monoisotopic (exact) mass is 420 g/mol. The van der Waals surface area contributed by atoms with Gasteiger partial charge in [-0.2, -0.15) is 0 Å². The van der Waals surface area contributed by atoms with Gasteiger partial charge in [-0.15, -0.1) is 0 Å². The van der Waals surface area contributed by atoms with Crippen molar-refractivity contribution < 1.29 is 9.21 Å². The number of carbonyl (C=O) groups excluding carboxylic acids is 1. The number of benzene rings is 4. The Kier molecular flexibility index (Phi) is 4.98. The van der Waals surface area contributed by atoms with Gasteiger partial charge >= 0.3 is 0 Å². The molecule has 5 rings (SSSR count). The van der Waals surface area contributed by atoms with Crippen molar-refractivity contribution >= 4 is 33.5 Å². The molecule has 0 spiro atoms. The molecule has 1 aromatic heterocycles. The van der Waals surface area contributed by atoms with E-state index in [-0.39, 0.29) is 5.91 Å². The number of oxazole rings is 1. The smallest absolute Gasteiger partial charge is 0.255 e. The second kappa shape index (κ2) is 7.97. The molecule has 0 fully saturated rings. The minimum Gasteiger partial charge on any atom is -0.436 e. The van der Waals surface area contributed by atoms with Crippen LogP contribution < -0.4 is 5.32 Å². The average molecular weight is 421 g/mol. The fraction of sp³-hybridized carbons (Fsp3) is 0.143. The molecule has 0 bridgehead atoms. The van der Waals surface area contributed by atoms with E-state index in [2.05, 4.69) is 36.3 Å². The SMILES string of the molecule is Cc1ccc(-c2nc3cc(C(C)C)ccc3o2)cc1NC(=O)c1ccc2ccccc2c1. The number of carbonyl (C=O) groups is 1. The Labute approximate surface area is 186 Å². The van der Waals surface area contributed by atoms with Gasteiger partial charge in [-0.1, -0.05) is 56.3 Å². The zero-order valence-corrected chi connectivity index (χ0v) is 18.3. The Bertz CT molecular complexity index is 1460. The number of hydrogen-bond donors (Lipinski definition) is 1. The van der Waals surface area contributed by atoms with Gasteiger partial charge in [0.2, 0.25) is 5.89 Å². The van der Waals surface area contributed by atoms with Crippen LogP contribution in [0.3, 0.4) is 0 Å². The van der Waals surface area contributed by atoms with Crippen LogP contribution in [0, 0.1) is 6.92 Å². The molecule has 0 aliphatic heterocycles. The third kappa shape index (κ3) is 3.76. The Morgan fingerprint density at radius 2 is 1.72 bits per heavy atom. The van der Waals surface area contributed by atoms with Gasteiger partial charge in [0.05, 0.1) is 0 Å². The van der Waals surface area contributed by atoms with Gasteiger partial charge in [-0.3, -0.25) is 4.79 Å². The number of nitrogens with one attached hydrogen (secondary N) is 1. The van der Waals surface area contributed by atoms with E-state index >= 15 is 0 Å². The summed E-state index contributed by atoms with van der Waals surface area (Å²) in [6.45, 7) is 6.29. The number of anilines is 1. The van der Waals surface area contributed by atoms with E-state index in [0.717, 1.165) is 38.7 Å². The van der Waals surface area contributed by atoms with E-state index in [0.29, 0.717) is 17.4 Å². The van der Waals surface area contributed by atoms with Crippen LogP contribution in [-0.4, -0.2) is 10.9 Å². The first-order valence-electron chi connectivity index (χ1n) is 10.8. The largest absolute Gasteiger partial charge is 0.436 e. The number of hydrogen-bond acceptors (Lipinski definition) is 3. The van der Waals surface area contributed by atoms with Gasteiger partial charge in [-0.25, -0.2) is 4.98 Å². The average Bonchev–Trinajstić information content (AvgIpc) is 3.23. The third-order valence-corrected chi connectivity index (χ3v) is 5.82. The van der Waals surface area contributed by atoms with Gasteiger partial charge in [0.1, 0.15) is 5.52 Å². The molecule has 1 heterocycles. The predicted octanol–water partition coefficient (Wildman–Crippen LogP) is 7.33. The molecule has 0 radical (unpaired) electrons. The number of rotatable bonds is 4. The fourth-order valence-electron chi connectivity index (χ4n) is 3.84. The molecule has 0 saturated carbocycles. The van der Waals surface area contributed by atoms with Crippen molar-refractivity contribution in [2.24, 2.45) is 0 Å². The van der Waals surface area contributed by atoms with Crippen LogP contribution in [0.2, 0.25) is 0 Å². The first-order chi connectivity index (χ1) is 15.5. The molecular formula is C28H24N2O2. The molecule has 1 amide bonds. The molecule has 0 aliphatic carbocycles. The van der Waals surface area contributed by atoms with Crippen molar-refractivity contribution in [3.8, 4) is 11.5 Å². The van der Waals surface area contributed by atoms with Crippen molar-refractivity contribution in [3.05, 3.63) is 95.6 Å². The summed E-state index contributed by atoms with van der Waals surface area (Å²) in [7, 11) is 0. The van der Waals surface area contributed by atoms with Gasteiger partial charge in [0, 0.05) is 16.8 Å². The molecule has 0 saturated heterocycles. The lowest BCUT2D eigenvalue weighted by atomic mass is 10.0. The van der Waals surface area contributed by atoms with E-state index in [1.807, 2.05) is 73.7 Å². The molecule has 32 heavy (non-hydrogen) atoms. The van der Waals surface area contributed by atoms with Crippen molar-refractivity contribution in [1.29, 1.82) is 0 Å². The second-order valence-electron chi connectivity index (χ2n) is 8.45. The number of fused-ring (bicyclic) bond motifs is 2. The summed E-state index contributed by atoms with van der Waals surface area (Å²) in [6, 6.07) is 25.7. The maximum atomic E-state index is 12.9. The van der Waals surface area contributed by atoms with Crippen LogP contribution in [0.25, 0.3) is 33.3 Å². The summed E-state index contributed by atoms with van der Waals surface area (Å²) in [5.74, 6) is 0.827. The summed E-state index contributed by atoms with van der Waals surface area (Å²) < 4.78 is 6.00. The zero-order valence-electron chi connectivity index (χ0n) is 18.3.